The molecule has 0 spiro atoms. The third-order valence-electron chi connectivity index (χ3n) is 3.84. The highest BCUT2D eigenvalue weighted by Gasteiger charge is 2.28. The highest BCUT2D eigenvalue weighted by atomic mass is 35.5. The average molecular weight is 250 g/mol. The molecule has 1 aliphatic carbocycles. The van der Waals surface area contributed by atoms with E-state index in [1.54, 1.807) is 0 Å². The van der Waals surface area contributed by atoms with Gasteiger partial charge in [0.1, 0.15) is 0 Å². The number of imidazole rings is 1. The maximum absolute atomic E-state index is 6.29. The van der Waals surface area contributed by atoms with Crippen molar-refractivity contribution < 1.29 is 0 Å². The van der Waals surface area contributed by atoms with Crippen molar-refractivity contribution >= 4 is 28.6 Å². The molecule has 1 fully saturated rings. The van der Waals surface area contributed by atoms with Gasteiger partial charge >= 0.3 is 0 Å². The van der Waals surface area contributed by atoms with Gasteiger partial charge in [-0.25, -0.2) is 4.98 Å². The minimum absolute atomic E-state index is 0.444. The van der Waals surface area contributed by atoms with E-state index in [0.29, 0.717) is 17.9 Å². The number of anilines is 1. The molecule has 2 aromatic rings. The van der Waals surface area contributed by atoms with E-state index in [0.717, 1.165) is 16.1 Å². The normalized spacial score (nSPS) is 24.6. The fourth-order valence-corrected chi connectivity index (χ4v) is 3.23. The molecule has 1 aromatic carbocycles. The molecule has 2 N–H and O–H groups in total. The number of nitrogen functional groups attached to an aromatic ring is 1. The molecule has 2 atom stereocenters. The van der Waals surface area contributed by atoms with Crippen molar-refractivity contribution in [2.24, 2.45) is 5.92 Å². The van der Waals surface area contributed by atoms with Crippen molar-refractivity contribution in [3.05, 3.63) is 23.2 Å². The molecule has 0 aliphatic heterocycles. The summed E-state index contributed by atoms with van der Waals surface area (Å²) in [7, 11) is 0. The first-order valence-electron chi connectivity index (χ1n) is 6.10. The predicted molar refractivity (Wildman–Crippen MR) is 71.2 cm³/mol. The van der Waals surface area contributed by atoms with Crippen molar-refractivity contribution in [2.75, 3.05) is 5.73 Å². The van der Waals surface area contributed by atoms with E-state index in [9.17, 15) is 0 Å². The molecule has 1 heterocycles. The Morgan fingerprint density at radius 3 is 2.94 bits per heavy atom. The second-order valence-corrected chi connectivity index (χ2v) is 5.33. The number of hydrogen-bond acceptors (Lipinski definition) is 2. The van der Waals surface area contributed by atoms with Crippen LogP contribution in [0.4, 0.5) is 5.95 Å². The van der Waals surface area contributed by atoms with Crippen LogP contribution in [0.1, 0.15) is 32.2 Å². The third kappa shape index (κ3) is 1.61. The second kappa shape index (κ2) is 3.91. The van der Waals surface area contributed by atoms with E-state index < -0.39 is 0 Å². The van der Waals surface area contributed by atoms with Gasteiger partial charge in [-0.05, 0) is 30.9 Å². The van der Waals surface area contributed by atoms with Gasteiger partial charge in [0.15, 0.2) is 0 Å². The van der Waals surface area contributed by atoms with Crippen LogP contribution >= 0.6 is 11.6 Å². The van der Waals surface area contributed by atoms with E-state index in [4.69, 9.17) is 17.3 Å². The van der Waals surface area contributed by atoms with Crippen molar-refractivity contribution in [2.45, 2.75) is 32.2 Å². The summed E-state index contributed by atoms with van der Waals surface area (Å²) in [5.41, 5.74) is 7.95. The monoisotopic (exact) mass is 249 g/mol. The van der Waals surface area contributed by atoms with E-state index in [1.807, 2.05) is 18.2 Å². The number of aromatic nitrogens is 2. The molecule has 1 aliphatic rings. The number of halogens is 1. The zero-order valence-corrected chi connectivity index (χ0v) is 10.6. The molecule has 0 saturated heterocycles. The lowest BCUT2D eigenvalue weighted by molar-refractivity contribution is 0.421. The first-order chi connectivity index (χ1) is 8.18. The topological polar surface area (TPSA) is 43.8 Å². The summed E-state index contributed by atoms with van der Waals surface area (Å²) in [4.78, 5) is 4.41. The molecular weight excluding hydrogens is 234 g/mol. The van der Waals surface area contributed by atoms with Gasteiger partial charge in [0, 0.05) is 6.04 Å². The third-order valence-corrected chi connectivity index (χ3v) is 4.14. The number of benzene rings is 1. The predicted octanol–water partition coefficient (Wildman–Crippen LogP) is 3.63. The Bertz CT molecular complexity index is 561. The Morgan fingerprint density at radius 1 is 1.41 bits per heavy atom. The van der Waals surface area contributed by atoms with Gasteiger partial charge in [0.05, 0.1) is 16.1 Å². The molecule has 0 bridgehead atoms. The Morgan fingerprint density at radius 2 is 2.24 bits per heavy atom. The fraction of sp³-hybridized carbons (Fsp3) is 0.462. The van der Waals surface area contributed by atoms with Crippen molar-refractivity contribution in [1.29, 1.82) is 0 Å². The number of para-hydroxylation sites is 1. The van der Waals surface area contributed by atoms with Crippen LogP contribution in [0.5, 0.6) is 0 Å². The molecule has 0 amide bonds. The number of nitrogens with zero attached hydrogens (tertiary/aromatic N) is 2. The van der Waals surface area contributed by atoms with Crippen molar-refractivity contribution in [3.63, 3.8) is 0 Å². The van der Waals surface area contributed by atoms with Crippen LogP contribution in [0.15, 0.2) is 18.2 Å². The maximum atomic E-state index is 6.29. The molecule has 0 radical (unpaired) electrons. The highest BCUT2D eigenvalue weighted by molar-refractivity contribution is 6.35. The van der Waals surface area contributed by atoms with Gasteiger partial charge in [-0.3, -0.25) is 0 Å². The molecule has 4 heteroatoms. The van der Waals surface area contributed by atoms with Crippen LogP contribution in [-0.4, -0.2) is 9.55 Å². The van der Waals surface area contributed by atoms with Gasteiger partial charge in [0.2, 0.25) is 5.95 Å². The lowest BCUT2D eigenvalue weighted by Crippen LogP contribution is -2.14. The fourth-order valence-electron chi connectivity index (χ4n) is 2.97. The van der Waals surface area contributed by atoms with Gasteiger partial charge < -0.3 is 10.3 Å². The molecule has 90 valence electrons. The molecular formula is C13H16ClN3. The first kappa shape index (κ1) is 10.9. The Hall–Kier alpha value is -1.22. The van der Waals surface area contributed by atoms with E-state index in [1.165, 1.54) is 19.3 Å². The second-order valence-electron chi connectivity index (χ2n) is 4.92. The van der Waals surface area contributed by atoms with Crippen molar-refractivity contribution in [3.8, 4) is 0 Å². The summed E-state index contributed by atoms with van der Waals surface area (Å²) in [6, 6.07) is 6.23. The maximum Gasteiger partial charge on any atom is 0.201 e. The Kier molecular flexibility index (Phi) is 2.51. The number of rotatable bonds is 1. The van der Waals surface area contributed by atoms with Crippen LogP contribution in [0, 0.1) is 5.92 Å². The molecule has 1 aromatic heterocycles. The van der Waals surface area contributed by atoms with Gasteiger partial charge in [-0.2, -0.15) is 0 Å². The standard InChI is InChI=1S/C13H16ClN3/c1-8-4-2-7-11(8)17-12-9(14)5-3-6-10(12)16-13(17)15/h3,5-6,8,11H,2,4,7H2,1H3,(H2,15,16). The number of fused-ring (bicyclic) bond motifs is 1. The minimum atomic E-state index is 0.444. The highest BCUT2D eigenvalue weighted by Crippen LogP contribution is 2.40. The smallest absolute Gasteiger partial charge is 0.201 e. The largest absolute Gasteiger partial charge is 0.369 e. The van der Waals surface area contributed by atoms with Crippen LogP contribution in [0.2, 0.25) is 5.02 Å². The summed E-state index contributed by atoms with van der Waals surface area (Å²) >= 11 is 6.29. The van der Waals surface area contributed by atoms with Crippen LogP contribution in [-0.2, 0) is 0 Å². The van der Waals surface area contributed by atoms with E-state index in [-0.39, 0.29) is 0 Å². The van der Waals surface area contributed by atoms with E-state index in [2.05, 4.69) is 16.5 Å². The van der Waals surface area contributed by atoms with Crippen LogP contribution < -0.4 is 5.73 Å². The molecule has 3 rings (SSSR count). The number of hydrogen-bond donors (Lipinski definition) is 1. The first-order valence-corrected chi connectivity index (χ1v) is 6.48. The molecule has 3 nitrogen and oxygen atoms in total. The molecule has 17 heavy (non-hydrogen) atoms. The Balaban J connectivity index is 2.24. The average Bonchev–Trinajstić information content (AvgIpc) is 2.82. The summed E-state index contributed by atoms with van der Waals surface area (Å²) in [6.07, 6.45) is 3.69. The van der Waals surface area contributed by atoms with Gasteiger partial charge in [0.25, 0.3) is 0 Å². The summed E-state index contributed by atoms with van der Waals surface area (Å²) in [5.74, 6) is 1.23. The summed E-state index contributed by atoms with van der Waals surface area (Å²) < 4.78 is 2.13. The number of nitrogens with two attached hydrogens (primary N) is 1. The quantitative estimate of drug-likeness (QED) is 0.839. The summed E-state index contributed by atoms with van der Waals surface area (Å²) in [5, 5.41) is 0.741. The SMILES string of the molecule is CC1CCCC1n1c(N)nc2cccc(Cl)c21. The zero-order chi connectivity index (χ0) is 12.0. The molecule has 1 saturated carbocycles. The van der Waals surface area contributed by atoms with Gasteiger partial charge in [-0.15, -0.1) is 0 Å². The lowest BCUT2D eigenvalue weighted by Gasteiger charge is -2.19. The Labute approximate surface area is 106 Å². The molecule has 2 unspecified atom stereocenters. The van der Waals surface area contributed by atoms with Crippen LogP contribution in [0.25, 0.3) is 11.0 Å². The van der Waals surface area contributed by atoms with Crippen LogP contribution in [0.3, 0.4) is 0 Å². The van der Waals surface area contributed by atoms with Crippen molar-refractivity contribution in [1.82, 2.24) is 9.55 Å². The zero-order valence-electron chi connectivity index (χ0n) is 9.86. The minimum Gasteiger partial charge on any atom is -0.369 e. The van der Waals surface area contributed by atoms with Gasteiger partial charge in [-0.1, -0.05) is 31.0 Å². The summed E-state index contributed by atoms with van der Waals surface area (Å²) in [6.45, 7) is 2.28. The van der Waals surface area contributed by atoms with E-state index >= 15 is 0 Å². The lowest BCUT2D eigenvalue weighted by atomic mass is 10.1.